The first-order valence-corrected chi connectivity index (χ1v) is 7.71. The van der Waals surface area contributed by atoms with Gasteiger partial charge in [0.1, 0.15) is 0 Å². The molecule has 0 radical (unpaired) electrons. The molecular formula is C17H22N4O. The number of nitrogens with one attached hydrogen (secondary N) is 1. The van der Waals surface area contributed by atoms with Crippen molar-refractivity contribution in [1.29, 1.82) is 0 Å². The summed E-state index contributed by atoms with van der Waals surface area (Å²) in [5, 5.41) is 9.31. The van der Waals surface area contributed by atoms with Crippen molar-refractivity contribution in [2.24, 2.45) is 0 Å². The first-order valence-electron chi connectivity index (χ1n) is 7.71. The standard InChI is InChI=1S/C17H22N4O/c1-12(2)21(11-17-20-19-13(3)22-17)9-8-14-10-18-16-7-5-4-6-15(14)16/h4-7,10,12,18H,8-9,11H2,1-3H3. The van der Waals surface area contributed by atoms with Gasteiger partial charge in [0.2, 0.25) is 11.8 Å². The predicted molar refractivity (Wildman–Crippen MR) is 86.6 cm³/mol. The molecule has 1 aromatic carbocycles. The quantitative estimate of drug-likeness (QED) is 0.758. The lowest BCUT2D eigenvalue weighted by Crippen LogP contribution is -2.32. The Morgan fingerprint density at radius 3 is 2.77 bits per heavy atom. The Morgan fingerprint density at radius 2 is 2.05 bits per heavy atom. The highest BCUT2D eigenvalue weighted by atomic mass is 16.4. The molecule has 0 atom stereocenters. The largest absolute Gasteiger partial charge is 0.424 e. The molecule has 0 saturated heterocycles. The molecule has 5 nitrogen and oxygen atoms in total. The minimum atomic E-state index is 0.428. The summed E-state index contributed by atoms with van der Waals surface area (Å²) in [6.07, 6.45) is 3.11. The van der Waals surface area contributed by atoms with Gasteiger partial charge < -0.3 is 9.40 Å². The van der Waals surface area contributed by atoms with Gasteiger partial charge in [0.25, 0.3) is 0 Å². The molecule has 1 N–H and O–H groups in total. The van der Waals surface area contributed by atoms with E-state index in [1.54, 1.807) is 0 Å². The Kier molecular flexibility index (Phi) is 4.24. The van der Waals surface area contributed by atoms with E-state index in [2.05, 4.69) is 64.4 Å². The zero-order chi connectivity index (χ0) is 15.5. The van der Waals surface area contributed by atoms with Gasteiger partial charge in [0, 0.05) is 36.6 Å². The number of para-hydroxylation sites is 1. The Hall–Kier alpha value is -2.14. The average molecular weight is 298 g/mol. The number of benzene rings is 1. The van der Waals surface area contributed by atoms with Crippen molar-refractivity contribution in [2.45, 2.75) is 39.8 Å². The van der Waals surface area contributed by atoms with Crippen molar-refractivity contribution in [3.8, 4) is 0 Å². The van der Waals surface area contributed by atoms with Crippen molar-refractivity contribution < 1.29 is 4.42 Å². The molecule has 0 spiro atoms. The van der Waals surface area contributed by atoms with Crippen molar-refractivity contribution >= 4 is 10.9 Å². The molecule has 0 aliphatic rings. The number of rotatable bonds is 6. The number of fused-ring (bicyclic) bond motifs is 1. The summed E-state index contributed by atoms with van der Waals surface area (Å²) in [4.78, 5) is 5.69. The third-order valence-electron chi connectivity index (χ3n) is 3.98. The van der Waals surface area contributed by atoms with E-state index in [9.17, 15) is 0 Å². The van der Waals surface area contributed by atoms with E-state index in [1.807, 2.05) is 6.92 Å². The Bertz CT molecular complexity index is 744. The number of hydrogen-bond donors (Lipinski definition) is 1. The second kappa shape index (κ2) is 6.32. The molecule has 0 fully saturated rings. The minimum absolute atomic E-state index is 0.428. The van der Waals surface area contributed by atoms with Crippen LogP contribution in [0, 0.1) is 6.92 Å². The number of aromatic amines is 1. The number of nitrogens with zero attached hydrogens (tertiary/aromatic N) is 3. The highest BCUT2D eigenvalue weighted by Gasteiger charge is 2.14. The van der Waals surface area contributed by atoms with Gasteiger partial charge in [-0.15, -0.1) is 10.2 Å². The molecular weight excluding hydrogens is 276 g/mol. The van der Waals surface area contributed by atoms with Gasteiger partial charge in [0.15, 0.2) is 0 Å². The van der Waals surface area contributed by atoms with Crippen molar-refractivity contribution in [1.82, 2.24) is 20.1 Å². The van der Waals surface area contributed by atoms with Crippen LogP contribution in [0.2, 0.25) is 0 Å². The highest BCUT2D eigenvalue weighted by Crippen LogP contribution is 2.19. The van der Waals surface area contributed by atoms with Crippen LogP contribution in [0.1, 0.15) is 31.2 Å². The Balaban J connectivity index is 1.69. The molecule has 3 aromatic rings. The maximum absolute atomic E-state index is 5.50. The monoisotopic (exact) mass is 298 g/mol. The summed E-state index contributed by atoms with van der Waals surface area (Å²) < 4.78 is 5.50. The first kappa shape index (κ1) is 14.8. The SMILES string of the molecule is Cc1nnc(CN(CCc2c[nH]c3ccccc23)C(C)C)o1. The summed E-state index contributed by atoms with van der Waals surface area (Å²) in [6, 6.07) is 8.85. The number of aromatic nitrogens is 3. The van der Waals surface area contributed by atoms with Crippen molar-refractivity contribution in [2.75, 3.05) is 6.54 Å². The molecule has 0 aliphatic heterocycles. The molecule has 22 heavy (non-hydrogen) atoms. The van der Waals surface area contributed by atoms with Gasteiger partial charge in [-0.1, -0.05) is 18.2 Å². The van der Waals surface area contributed by atoms with Crippen LogP contribution in [-0.2, 0) is 13.0 Å². The number of aryl methyl sites for hydroxylation is 1. The van der Waals surface area contributed by atoms with Crippen molar-refractivity contribution in [3.05, 3.63) is 47.8 Å². The van der Waals surface area contributed by atoms with Gasteiger partial charge >= 0.3 is 0 Å². The average Bonchev–Trinajstić information content (AvgIpc) is 3.09. The maximum Gasteiger partial charge on any atom is 0.230 e. The zero-order valence-corrected chi connectivity index (χ0v) is 13.3. The van der Waals surface area contributed by atoms with Crippen LogP contribution < -0.4 is 0 Å². The van der Waals surface area contributed by atoms with E-state index in [4.69, 9.17) is 4.42 Å². The van der Waals surface area contributed by atoms with Crippen LogP contribution in [-0.4, -0.2) is 32.7 Å². The molecule has 2 heterocycles. The highest BCUT2D eigenvalue weighted by molar-refractivity contribution is 5.83. The fourth-order valence-electron chi connectivity index (χ4n) is 2.70. The summed E-state index contributed by atoms with van der Waals surface area (Å²) >= 11 is 0. The van der Waals surface area contributed by atoms with Crippen molar-refractivity contribution in [3.63, 3.8) is 0 Å². The lowest BCUT2D eigenvalue weighted by Gasteiger charge is -2.24. The topological polar surface area (TPSA) is 58.0 Å². The Morgan fingerprint density at radius 1 is 1.23 bits per heavy atom. The lowest BCUT2D eigenvalue weighted by atomic mass is 10.1. The molecule has 0 aliphatic carbocycles. The van der Waals surface area contributed by atoms with Crippen LogP contribution in [0.25, 0.3) is 10.9 Å². The molecule has 5 heteroatoms. The summed E-state index contributed by atoms with van der Waals surface area (Å²) in [5.74, 6) is 1.31. The van der Waals surface area contributed by atoms with Gasteiger partial charge in [-0.25, -0.2) is 0 Å². The van der Waals surface area contributed by atoms with E-state index in [-0.39, 0.29) is 0 Å². The maximum atomic E-state index is 5.50. The fourth-order valence-corrected chi connectivity index (χ4v) is 2.70. The van der Waals surface area contributed by atoms with Gasteiger partial charge in [-0.2, -0.15) is 0 Å². The van der Waals surface area contributed by atoms with E-state index >= 15 is 0 Å². The van der Waals surface area contributed by atoms with Crippen LogP contribution in [0.5, 0.6) is 0 Å². The van der Waals surface area contributed by atoms with Crippen LogP contribution in [0.15, 0.2) is 34.9 Å². The van der Waals surface area contributed by atoms with E-state index in [0.29, 0.717) is 24.4 Å². The molecule has 116 valence electrons. The molecule has 3 rings (SSSR count). The van der Waals surface area contributed by atoms with Gasteiger partial charge in [-0.3, -0.25) is 4.90 Å². The third kappa shape index (κ3) is 3.20. The normalized spacial score (nSPS) is 11.9. The number of hydrogen-bond acceptors (Lipinski definition) is 4. The summed E-state index contributed by atoms with van der Waals surface area (Å²) in [6.45, 7) is 7.86. The second-order valence-electron chi connectivity index (χ2n) is 5.89. The smallest absolute Gasteiger partial charge is 0.230 e. The van der Waals surface area contributed by atoms with Crippen LogP contribution in [0.3, 0.4) is 0 Å². The van der Waals surface area contributed by atoms with Crippen LogP contribution >= 0.6 is 0 Å². The molecule has 0 bridgehead atoms. The number of H-pyrrole nitrogens is 1. The predicted octanol–water partition coefficient (Wildman–Crippen LogP) is 3.31. The minimum Gasteiger partial charge on any atom is -0.424 e. The van der Waals surface area contributed by atoms with Gasteiger partial charge in [-0.05, 0) is 31.9 Å². The summed E-state index contributed by atoms with van der Waals surface area (Å²) in [5.41, 5.74) is 2.55. The van der Waals surface area contributed by atoms with E-state index in [0.717, 1.165) is 13.0 Å². The lowest BCUT2D eigenvalue weighted by molar-refractivity contribution is 0.194. The fraction of sp³-hybridized carbons (Fsp3) is 0.412. The third-order valence-corrected chi connectivity index (χ3v) is 3.98. The molecule has 2 aromatic heterocycles. The van der Waals surface area contributed by atoms with Crippen LogP contribution in [0.4, 0.5) is 0 Å². The summed E-state index contributed by atoms with van der Waals surface area (Å²) in [7, 11) is 0. The van der Waals surface area contributed by atoms with E-state index < -0.39 is 0 Å². The molecule has 0 amide bonds. The second-order valence-corrected chi connectivity index (χ2v) is 5.89. The van der Waals surface area contributed by atoms with E-state index in [1.165, 1.54) is 16.5 Å². The zero-order valence-electron chi connectivity index (χ0n) is 13.3. The first-order chi connectivity index (χ1) is 10.6. The molecule has 0 saturated carbocycles. The van der Waals surface area contributed by atoms with Gasteiger partial charge in [0.05, 0.1) is 6.54 Å². The Labute approximate surface area is 130 Å². The molecule has 0 unspecified atom stereocenters.